The van der Waals surface area contributed by atoms with Crippen molar-refractivity contribution in [2.45, 2.75) is 12.8 Å². The predicted octanol–water partition coefficient (Wildman–Crippen LogP) is 1.52. The number of carbonyl (C=O) groups is 1. The summed E-state index contributed by atoms with van der Waals surface area (Å²) in [6.45, 7) is 1.73. The van der Waals surface area contributed by atoms with Gasteiger partial charge in [0.1, 0.15) is 5.82 Å². The molecule has 1 fully saturated rings. The molecule has 0 bridgehead atoms. The maximum atomic E-state index is 13.4. The van der Waals surface area contributed by atoms with E-state index in [0.717, 1.165) is 25.9 Å². The summed E-state index contributed by atoms with van der Waals surface area (Å²) in [6, 6.07) is 4.61. The van der Waals surface area contributed by atoms with Gasteiger partial charge >= 0.3 is 0 Å². The zero-order valence-electron chi connectivity index (χ0n) is 8.37. The van der Waals surface area contributed by atoms with Gasteiger partial charge in [0.2, 0.25) is 0 Å². The molecule has 1 saturated heterocycles. The van der Waals surface area contributed by atoms with Crippen molar-refractivity contribution in [1.82, 2.24) is 0 Å². The Hall–Kier alpha value is -1.58. The average Bonchev–Trinajstić information content (AvgIpc) is 2.69. The molecule has 4 heteroatoms. The van der Waals surface area contributed by atoms with E-state index in [4.69, 9.17) is 5.73 Å². The Balaban J connectivity index is 2.45. The van der Waals surface area contributed by atoms with Gasteiger partial charge < -0.3 is 10.6 Å². The van der Waals surface area contributed by atoms with Gasteiger partial charge in [-0.1, -0.05) is 6.07 Å². The second kappa shape index (κ2) is 3.88. The van der Waals surface area contributed by atoms with Crippen LogP contribution in [0.5, 0.6) is 0 Å². The minimum Gasteiger partial charge on any atom is -0.371 e. The topological polar surface area (TPSA) is 46.3 Å². The van der Waals surface area contributed by atoms with E-state index in [-0.39, 0.29) is 5.56 Å². The lowest BCUT2D eigenvalue weighted by Gasteiger charge is -2.20. The zero-order valence-corrected chi connectivity index (χ0v) is 8.37. The molecule has 2 N–H and O–H groups in total. The Labute approximate surface area is 87.7 Å². The number of benzene rings is 1. The predicted molar refractivity (Wildman–Crippen MR) is 56.4 cm³/mol. The van der Waals surface area contributed by atoms with Crippen molar-refractivity contribution in [2.75, 3.05) is 18.0 Å². The second-order valence-electron chi connectivity index (χ2n) is 3.69. The van der Waals surface area contributed by atoms with E-state index < -0.39 is 11.7 Å². The van der Waals surface area contributed by atoms with Crippen molar-refractivity contribution in [3.05, 3.63) is 29.6 Å². The fraction of sp³-hybridized carbons (Fsp3) is 0.364. The van der Waals surface area contributed by atoms with Gasteiger partial charge in [-0.05, 0) is 25.0 Å². The van der Waals surface area contributed by atoms with Gasteiger partial charge in [-0.3, -0.25) is 4.79 Å². The van der Waals surface area contributed by atoms with Crippen LogP contribution >= 0.6 is 0 Å². The smallest absolute Gasteiger partial charge is 0.253 e. The average molecular weight is 208 g/mol. The highest BCUT2D eigenvalue weighted by Gasteiger charge is 2.20. The number of nitrogens with two attached hydrogens (primary N) is 1. The van der Waals surface area contributed by atoms with Crippen molar-refractivity contribution in [3.63, 3.8) is 0 Å². The molecule has 2 rings (SSSR count). The lowest BCUT2D eigenvalue weighted by Crippen LogP contribution is -2.24. The Morgan fingerprint density at radius 3 is 2.60 bits per heavy atom. The number of rotatable bonds is 2. The summed E-state index contributed by atoms with van der Waals surface area (Å²) in [5.41, 5.74) is 5.82. The molecule has 1 aromatic carbocycles. The fourth-order valence-corrected chi connectivity index (χ4v) is 1.98. The molecule has 0 aromatic heterocycles. The van der Waals surface area contributed by atoms with Crippen LogP contribution in [0.2, 0.25) is 0 Å². The third-order valence-electron chi connectivity index (χ3n) is 2.68. The normalized spacial score (nSPS) is 15.7. The molecular weight excluding hydrogens is 195 g/mol. The minimum atomic E-state index is -0.699. The molecular formula is C11H13FN2O. The number of hydrogen-bond donors (Lipinski definition) is 1. The summed E-state index contributed by atoms with van der Waals surface area (Å²) >= 11 is 0. The summed E-state index contributed by atoms with van der Waals surface area (Å²) in [6.07, 6.45) is 2.16. The largest absolute Gasteiger partial charge is 0.371 e. The first-order valence-electron chi connectivity index (χ1n) is 5.03. The number of nitrogens with zero attached hydrogens (tertiary/aromatic N) is 1. The quantitative estimate of drug-likeness (QED) is 0.801. The number of carbonyl (C=O) groups excluding carboxylic acids is 1. The highest BCUT2D eigenvalue weighted by atomic mass is 19.1. The van der Waals surface area contributed by atoms with Crippen LogP contribution in [0.1, 0.15) is 23.2 Å². The number of halogens is 1. The Morgan fingerprint density at radius 1 is 1.33 bits per heavy atom. The van der Waals surface area contributed by atoms with Crippen molar-refractivity contribution in [2.24, 2.45) is 5.73 Å². The maximum absolute atomic E-state index is 13.4. The molecule has 1 aliphatic rings. The van der Waals surface area contributed by atoms with Crippen molar-refractivity contribution < 1.29 is 9.18 Å². The molecule has 0 radical (unpaired) electrons. The van der Waals surface area contributed by atoms with Crippen LogP contribution in [0.3, 0.4) is 0 Å². The molecule has 1 aliphatic heterocycles. The Bertz CT molecular complexity index is 386. The van der Waals surface area contributed by atoms with Crippen LogP contribution in [0.4, 0.5) is 10.1 Å². The van der Waals surface area contributed by atoms with Crippen LogP contribution in [0.25, 0.3) is 0 Å². The summed E-state index contributed by atoms with van der Waals surface area (Å²) in [5, 5.41) is 0. The highest BCUT2D eigenvalue weighted by Crippen LogP contribution is 2.26. The lowest BCUT2D eigenvalue weighted by molar-refractivity contribution is 0.0997. The van der Waals surface area contributed by atoms with Crippen molar-refractivity contribution in [3.8, 4) is 0 Å². The van der Waals surface area contributed by atoms with Crippen LogP contribution in [-0.2, 0) is 0 Å². The summed E-state index contributed by atoms with van der Waals surface area (Å²) in [4.78, 5) is 13.2. The van der Waals surface area contributed by atoms with E-state index in [9.17, 15) is 9.18 Å². The van der Waals surface area contributed by atoms with Crippen LogP contribution in [0, 0.1) is 5.82 Å². The first-order chi connectivity index (χ1) is 7.20. The number of anilines is 1. The molecule has 0 unspecified atom stereocenters. The number of primary amides is 1. The van der Waals surface area contributed by atoms with E-state index in [1.54, 1.807) is 12.1 Å². The first kappa shape index (κ1) is 9.96. The van der Waals surface area contributed by atoms with E-state index in [1.165, 1.54) is 6.07 Å². The summed E-state index contributed by atoms with van der Waals surface area (Å²) in [7, 11) is 0. The SMILES string of the molecule is NC(=O)c1c(F)cccc1N1CCCC1. The highest BCUT2D eigenvalue weighted by molar-refractivity contribution is 5.99. The van der Waals surface area contributed by atoms with Crippen molar-refractivity contribution in [1.29, 1.82) is 0 Å². The van der Waals surface area contributed by atoms with Crippen molar-refractivity contribution >= 4 is 11.6 Å². The first-order valence-corrected chi connectivity index (χ1v) is 5.03. The minimum absolute atomic E-state index is 0.0133. The molecule has 0 atom stereocenters. The van der Waals surface area contributed by atoms with Gasteiger partial charge in [0.25, 0.3) is 5.91 Å². The third-order valence-corrected chi connectivity index (χ3v) is 2.68. The van der Waals surface area contributed by atoms with E-state index in [0.29, 0.717) is 5.69 Å². The maximum Gasteiger partial charge on any atom is 0.253 e. The van der Waals surface area contributed by atoms with Crippen LogP contribution in [0.15, 0.2) is 18.2 Å². The van der Waals surface area contributed by atoms with Gasteiger partial charge in [-0.15, -0.1) is 0 Å². The number of amides is 1. The Morgan fingerprint density at radius 2 is 2.00 bits per heavy atom. The monoisotopic (exact) mass is 208 g/mol. The molecule has 0 spiro atoms. The standard InChI is InChI=1S/C11H13FN2O/c12-8-4-3-5-9(10(8)11(13)15)14-6-1-2-7-14/h3-5H,1-2,6-7H2,(H2,13,15). The van der Waals surface area contributed by atoms with Gasteiger partial charge in [0, 0.05) is 13.1 Å². The second-order valence-corrected chi connectivity index (χ2v) is 3.69. The van der Waals surface area contributed by atoms with Crippen LogP contribution < -0.4 is 10.6 Å². The van der Waals surface area contributed by atoms with E-state index in [2.05, 4.69) is 0 Å². The summed E-state index contributed by atoms with van der Waals surface area (Å²) < 4.78 is 13.4. The molecule has 1 aromatic rings. The molecule has 1 heterocycles. The molecule has 0 saturated carbocycles. The lowest BCUT2D eigenvalue weighted by atomic mass is 10.1. The number of hydrogen-bond acceptors (Lipinski definition) is 2. The molecule has 80 valence electrons. The fourth-order valence-electron chi connectivity index (χ4n) is 1.98. The summed E-state index contributed by atoms with van der Waals surface area (Å²) in [5.74, 6) is -1.23. The van der Waals surface area contributed by atoms with E-state index in [1.807, 2.05) is 4.90 Å². The van der Waals surface area contributed by atoms with Gasteiger partial charge in [-0.25, -0.2) is 4.39 Å². The molecule has 3 nitrogen and oxygen atoms in total. The third kappa shape index (κ3) is 1.79. The molecule has 1 amide bonds. The Kier molecular flexibility index (Phi) is 2.58. The van der Waals surface area contributed by atoms with Gasteiger partial charge in [0.05, 0.1) is 11.3 Å². The van der Waals surface area contributed by atoms with Gasteiger partial charge in [0.15, 0.2) is 0 Å². The molecule has 0 aliphatic carbocycles. The van der Waals surface area contributed by atoms with Gasteiger partial charge in [-0.2, -0.15) is 0 Å². The molecule has 15 heavy (non-hydrogen) atoms. The van der Waals surface area contributed by atoms with Crippen LogP contribution in [-0.4, -0.2) is 19.0 Å². The zero-order chi connectivity index (χ0) is 10.8. The van der Waals surface area contributed by atoms with E-state index >= 15 is 0 Å².